The smallest absolute Gasteiger partial charge is 0.251 e. The third kappa shape index (κ3) is 4.17. The summed E-state index contributed by atoms with van der Waals surface area (Å²) in [5, 5.41) is 2.78. The highest BCUT2D eigenvalue weighted by molar-refractivity contribution is 5.94. The lowest BCUT2D eigenvalue weighted by molar-refractivity contribution is 0.0950. The van der Waals surface area contributed by atoms with Gasteiger partial charge in [-0.15, -0.1) is 0 Å². The van der Waals surface area contributed by atoms with Crippen LogP contribution in [0.25, 0.3) is 0 Å². The molecule has 2 aromatic rings. The van der Waals surface area contributed by atoms with Gasteiger partial charge in [0.25, 0.3) is 5.91 Å². The normalized spacial score (nSPS) is 14.6. The molecule has 5 heteroatoms. The molecule has 2 aromatic carbocycles. The van der Waals surface area contributed by atoms with E-state index in [1.165, 1.54) is 6.07 Å². The number of nitrogens with zero attached hydrogens (tertiary/aromatic N) is 1. The van der Waals surface area contributed by atoms with E-state index in [9.17, 15) is 9.18 Å². The zero-order chi connectivity index (χ0) is 17.8. The number of carbonyl (C=O) groups excluding carboxylic acids is 1. The summed E-state index contributed by atoms with van der Waals surface area (Å²) < 4.78 is 19.4. The zero-order valence-corrected chi connectivity index (χ0v) is 14.6. The number of ether oxygens (including phenoxy) is 1. The molecule has 0 saturated heterocycles. The topological polar surface area (TPSA) is 41.6 Å². The molecule has 1 heterocycles. The number of hydrogen-bond donors (Lipinski definition) is 1. The van der Waals surface area contributed by atoms with Crippen LogP contribution in [-0.4, -0.2) is 30.0 Å². The molecule has 0 radical (unpaired) electrons. The van der Waals surface area contributed by atoms with Crippen LogP contribution in [0.2, 0.25) is 0 Å². The summed E-state index contributed by atoms with van der Waals surface area (Å²) in [6.07, 6.45) is 0. The third-order valence-corrected chi connectivity index (χ3v) is 4.46. The fraction of sp³-hybridized carbons (Fsp3) is 0.350. The Balaban J connectivity index is 1.72. The largest absolute Gasteiger partial charge is 0.492 e. The summed E-state index contributed by atoms with van der Waals surface area (Å²) in [6.45, 7) is 6.72. The van der Waals surface area contributed by atoms with Gasteiger partial charge in [0.1, 0.15) is 18.2 Å². The summed E-state index contributed by atoms with van der Waals surface area (Å²) in [4.78, 5) is 14.7. The number of fused-ring (bicyclic) bond motifs is 1. The second-order valence-corrected chi connectivity index (χ2v) is 6.51. The van der Waals surface area contributed by atoms with E-state index in [2.05, 4.69) is 24.1 Å². The van der Waals surface area contributed by atoms with Crippen LogP contribution in [0.3, 0.4) is 0 Å². The average molecular weight is 342 g/mol. The van der Waals surface area contributed by atoms with Gasteiger partial charge in [0, 0.05) is 42.4 Å². The Kier molecular flexibility index (Phi) is 5.34. The number of amides is 1. The Labute approximate surface area is 147 Å². The minimum absolute atomic E-state index is 0.164. The molecular weight excluding hydrogens is 319 g/mol. The van der Waals surface area contributed by atoms with Gasteiger partial charge >= 0.3 is 0 Å². The molecule has 1 N–H and O–H groups in total. The average Bonchev–Trinajstić information content (AvgIpc) is 2.82. The first-order valence-electron chi connectivity index (χ1n) is 8.56. The number of rotatable bonds is 4. The first-order chi connectivity index (χ1) is 12.0. The molecule has 0 aromatic heterocycles. The van der Waals surface area contributed by atoms with Gasteiger partial charge in [-0.3, -0.25) is 9.69 Å². The SMILES string of the molecule is CC(C)N1CCOc2ccc(C(=O)NCc3ccccc3F)cc2C1. The predicted octanol–water partition coefficient (Wildman–Crippen LogP) is 3.36. The van der Waals surface area contributed by atoms with Crippen LogP contribution < -0.4 is 10.1 Å². The first-order valence-corrected chi connectivity index (χ1v) is 8.56. The highest BCUT2D eigenvalue weighted by Crippen LogP contribution is 2.25. The number of benzene rings is 2. The number of hydrogen-bond acceptors (Lipinski definition) is 3. The summed E-state index contributed by atoms with van der Waals surface area (Å²) in [5.74, 6) is 0.297. The number of carbonyl (C=O) groups is 1. The van der Waals surface area contributed by atoms with E-state index in [0.717, 1.165) is 24.4 Å². The molecule has 0 aliphatic carbocycles. The van der Waals surface area contributed by atoms with E-state index >= 15 is 0 Å². The summed E-state index contributed by atoms with van der Waals surface area (Å²) in [6, 6.07) is 12.3. The van der Waals surface area contributed by atoms with Crippen molar-refractivity contribution >= 4 is 5.91 Å². The van der Waals surface area contributed by atoms with E-state index in [-0.39, 0.29) is 18.3 Å². The monoisotopic (exact) mass is 342 g/mol. The molecule has 132 valence electrons. The molecule has 0 unspecified atom stereocenters. The summed E-state index contributed by atoms with van der Waals surface area (Å²) >= 11 is 0. The maximum Gasteiger partial charge on any atom is 0.251 e. The van der Waals surface area contributed by atoms with Crippen LogP contribution in [0.15, 0.2) is 42.5 Å². The second-order valence-electron chi connectivity index (χ2n) is 6.51. The van der Waals surface area contributed by atoms with E-state index in [0.29, 0.717) is 23.8 Å². The quantitative estimate of drug-likeness (QED) is 0.926. The van der Waals surface area contributed by atoms with Crippen LogP contribution in [0, 0.1) is 5.82 Å². The van der Waals surface area contributed by atoms with Gasteiger partial charge in [-0.25, -0.2) is 4.39 Å². The minimum Gasteiger partial charge on any atom is -0.492 e. The highest BCUT2D eigenvalue weighted by Gasteiger charge is 2.19. The number of halogens is 1. The van der Waals surface area contributed by atoms with Gasteiger partial charge in [0.2, 0.25) is 0 Å². The predicted molar refractivity (Wildman–Crippen MR) is 95.1 cm³/mol. The highest BCUT2D eigenvalue weighted by atomic mass is 19.1. The Morgan fingerprint density at radius 2 is 2.08 bits per heavy atom. The summed E-state index contributed by atoms with van der Waals surface area (Å²) in [7, 11) is 0. The van der Waals surface area contributed by atoms with Gasteiger partial charge in [0.15, 0.2) is 0 Å². The lowest BCUT2D eigenvalue weighted by Gasteiger charge is -2.23. The van der Waals surface area contributed by atoms with Crippen molar-refractivity contribution in [3.63, 3.8) is 0 Å². The lowest BCUT2D eigenvalue weighted by atomic mass is 10.1. The molecule has 0 fully saturated rings. The maximum absolute atomic E-state index is 13.7. The fourth-order valence-corrected chi connectivity index (χ4v) is 2.92. The lowest BCUT2D eigenvalue weighted by Crippen LogP contribution is -2.32. The molecule has 1 aliphatic rings. The molecule has 0 spiro atoms. The van der Waals surface area contributed by atoms with Gasteiger partial charge in [-0.05, 0) is 38.1 Å². The van der Waals surface area contributed by atoms with Crippen LogP contribution >= 0.6 is 0 Å². The molecule has 0 bridgehead atoms. The van der Waals surface area contributed by atoms with Crippen LogP contribution in [0.5, 0.6) is 5.75 Å². The van der Waals surface area contributed by atoms with Crippen molar-refractivity contribution in [1.82, 2.24) is 10.2 Å². The molecule has 3 rings (SSSR count). The molecule has 25 heavy (non-hydrogen) atoms. The Morgan fingerprint density at radius 1 is 1.28 bits per heavy atom. The molecule has 1 amide bonds. The van der Waals surface area contributed by atoms with Gasteiger partial charge in [-0.1, -0.05) is 18.2 Å². The molecule has 0 saturated carbocycles. The Hall–Kier alpha value is -2.40. The molecule has 1 aliphatic heterocycles. The number of nitrogens with one attached hydrogen (secondary N) is 1. The van der Waals surface area contributed by atoms with Gasteiger partial charge in [0.05, 0.1) is 0 Å². The molecular formula is C20H23FN2O2. The van der Waals surface area contributed by atoms with E-state index in [1.807, 2.05) is 12.1 Å². The maximum atomic E-state index is 13.7. The van der Waals surface area contributed by atoms with Crippen molar-refractivity contribution in [2.24, 2.45) is 0 Å². The minimum atomic E-state index is -0.314. The van der Waals surface area contributed by atoms with Crippen LogP contribution in [0.4, 0.5) is 4.39 Å². The Morgan fingerprint density at radius 3 is 2.84 bits per heavy atom. The zero-order valence-electron chi connectivity index (χ0n) is 14.6. The van der Waals surface area contributed by atoms with Crippen molar-refractivity contribution in [1.29, 1.82) is 0 Å². The van der Waals surface area contributed by atoms with Gasteiger partial charge < -0.3 is 10.1 Å². The van der Waals surface area contributed by atoms with E-state index in [1.54, 1.807) is 24.3 Å². The van der Waals surface area contributed by atoms with Crippen LogP contribution in [-0.2, 0) is 13.1 Å². The summed E-state index contributed by atoms with van der Waals surface area (Å²) in [5.41, 5.74) is 2.04. The third-order valence-electron chi connectivity index (χ3n) is 4.46. The van der Waals surface area contributed by atoms with Gasteiger partial charge in [-0.2, -0.15) is 0 Å². The molecule has 0 atom stereocenters. The second kappa shape index (κ2) is 7.66. The van der Waals surface area contributed by atoms with Crippen molar-refractivity contribution in [2.45, 2.75) is 33.0 Å². The van der Waals surface area contributed by atoms with Crippen molar-refractivity contribution in [3.8, 4) is 5.75 Å². The van der Waals surface area contributed by atoms with E-state index in [4.69, 9.17) is 4.74 Å². The Bertz CT molecular complexity index is 761. The van der Waals surface area contributed by atoms with E-state index < -0.39 is 0 Å². The first kappa shape index (κ1) is 17.4. The fourth-order valence-electron chi connectivity index (χ4n) is 2.92. The molecule has 4 nitrogen and oxygen atoms in total. The standard InChI is InChI=1S/C20H23FN2O2/c1-14(2)23-9-10-25-19-8-7-15(11-17(19)13-23)20(24)22-12-16-5-3-4-6-18(16)21/h3-8,11,14H,9-10,12-13H2,1-2H3,(H,22,24). The van der Waals surface area contributed by atoms with Crippen LogP contribution in [0.1, 0.15) is 35.3 Å². The van der Waals surface area contributed by atoms with Crippen molar-refractivity contribution < 1.29 is 13.9 Å². The van der Waals surface area contributed by atoms with Crippen molar-refractivity contribution in [3.05, 3.63) is 65.0 Å². The van der Waals surface area contributed by atoms with Crippen molar-refractivity contribution in [2.75, 3.05) is 13.2 Å².